The summed E-state index contributed by atoms with van der Waals surface area (Å²) in [6.07, 6.45) is 0. The van der Waals surface area contributed by atoms with Crippen LogP contribution in [0.15, 0.2) is 18.2 Å². The van der Waals surface area contributed by atoms with E-state index in [1.165, 1.54) is 11.4 Å². The van der Waals surface area contributed by atoms with E-state index in [1.807, 2.05) is 0 Å². The zero-order valence-corrected chi connectivity index (χ0v) is 13.9. The summed E-state index contributed by atoms with van der Waals surface area (Å²) in [6.45, 7) is 10.4. The van der Waals surface area contributed by atoms with Crippen LogP contribution in [0.1, 0.15) is 27.7 Å². The molecule has 2 heterocycles. The van der Waals surface area contributed by atoms with E-state index in [4.69, 9.17) is 9.31 Å². The van der Waals surface area contributed by atoms with E-state index < -0.39 is 0 Å². The SMILES string of the molecule is CN1CCN(C)c2cc(B3OC(C)(C)C(C)(C)O3)ccc21. The van der Waals surface area contributed by atoms with E-state index >= 15 is 0 Å². The first kappa shape index (κ1) is 14.7. The number of benzene rings is 1. The molecule has 2 aliphatic heterocycles. The molecule has 0 unspecified atom stereocenters. The van der Waals surface area contributed by atoms with E-state index in [1.54, 1.807) is 0 Å². The number of fused-ring (bicyclic) bond motifs is 1. The molecule has 0 radical (unpaired) electrons. The highest BCUT2D eigenvalue weighted by Gasteiger charge is 2.51. The maximum Gasteiger partial charge on any atom is 0.494 e. The summed E-state index contributed by atoms with van der Waals surface area (Å²) in [6, 6.07) is 6.50. The predicted octanol–water partition coefficient (Wildman–Crippen LogP) is 1.87. The van der Waals surface area contributed by atoms with Gasteiger partial charge in [-0.2, -0.15) is 0 Å². The van der Waals surface area contributed by atoms with Gasteiger partial charge in [0.1, 0.15) is 0 Å². The van der Waals surface area contributed by atoms with Gasteiger partial charge in [0.15, 0.2) is 0 Å². The summed E-state index contributed by atoms with van der Waals surface area (Å²) in [5.41, 5.74) is 3.02. The average Bonchev–Trinajstić information content (AvgIpc) is 2.63. The van der Waals surface area contributed by atoms with E-state index in [2.05, 4.69) is 69.8 Å². The van der Waals surface area contributed by atoms with Crippen LogP contribution in [0.25, 0.3) is 0 Å². The van der Waals surface area contributed by atoms with Crippen LogP contribution >= 0.6 is 0 Å². The van der Waals surface area contributed by atoms with Crippen molar-refractivity contribution < 1.29 is 9.31 Å². The van der Waals surface area contributed by atoms with Gasteiger partial charge in [0.2, 0.25) is 0 Å². The van der Waals surface area contributed by atoms with Crippen LogP contribution in [0.2, 0.25) is 0 Å². The minimum absolute atomic E-state index is 0.291. The fourth-order valence-corrected chi connectivity index (χ4v) is 2.84. The quantitative estimate of drug-likeness (QED) is 0.737. The zero-order valence-electron chi connectivity index (χ0n) is 13.9. The molecule has 1 aromatic carbocycles. The lowest BCUT2D eigenvalue weighted by Crippen LogP contribution is -2.41. The Balaban J connectivity index is 1.93. The molecule has 0 saturated carbocycles. The molecule has 21 heavy (non-hydrogen) atoms. The highest BCUT2D eigenvalue weighted by atomic mass is 16.7. The van der Waals surface area contributed by atoms with Gasteiger partial charge in [0.25, 0.3) is 0 Å². The van der Waals surface area contributed by atoms with Crippen molar-refractivity contribution >= 4 is 24.0 Å². The van der Waals surface area contributed by atoms with Crippen molar-refractivity contribution in [1.29, 1.82) is 0 Å². The van der Waals surface area contributed by atoms with E-state index in [0.29, 0.717) is 0 Å². The first-order chi connectivity index (χ1) is 9.71. The Hall–Kier alpha value is -1.20. The fourth-order valence-electron chi connectivity index (χ4n) is 2.84. The molecule has 0 N–H and O–H groups in total. The Bertz CT molecular complexity index is 543. The summed E-state index contributed by atoms with van der Waals surface area (Å²) in [5, 5.41) is 0. The standard InChI is InChI=1S/C16H25BN2O2/c1-15(2)16(3,4)21-17(20-15)12-7-8-13-14(11-12)19(6)10-9-18(13)5/h7-8,11H,9-10H2,1-6H3. The van der Waals surface area contributed by atoms with Crippen molar-refractivity contribution in [3.8, 4) is 0 Å². The van der Waals surface area contributed by atoms with Crippen LogP contribution in [0.5, 0.6) is 0 Å². The van der Waals surface area contributed by atoms with Crippen LogP contribution in [0.4, 0.5) is 11.4 Å². The lowest BCUT2D eigenvalue weighted by atomic mass is 9.78. The van der Waals surface area contributed by atoms with Gasteiger partial charge in [0.05, 0.1) is 22.6 Å². The number of hydrogen-bond acceptors (Lipinski definition) is 4. The first-order valence-electron chi connectivity index (χ1n) is 7.63. The van der Waals surface area contributed by atoms with Crippen molar-refractivity contribution in [3.63, 3.8) is 0 Å². The van der Waals surface area contributed by atoms with E-state index in [-0.39, 0.29) is 18.3 Å². The Morgan fingerprint density at radius 3 is 2.00 bits per heavy atom. The van der Waals surface area contributed by atoms with Gasteiger partial charge in [-0.15, -0.1) is 0 Å². The molecule has 1 aromatic rings. The maximum absolute atomic E-state index is 6.15. The minimum atomic E-state index is -0.295. The molecular weight excluding hydrogens is 263 g/mol. The number of likely N-dealkylation sites (N-methyl/N-ethyl adjacent to an activating group) is 2. The molecule has 1 fully saturated rings. The van der Waals surface area contributed by atoms with Gasteiger partial charge >= 0.3 is 7.12 Å². The van der Waals surface area contributed by atoms with Crippen LogP contribution in [0, 0.1) is 0 Å². The van der Waals surface area contributed by atoms with Crippen LogP contribution in [0.3, 0.4) is 0 Å². The van der Waals surface area contributed by atoms with Crippen LogP contribution < -0.4 is 15.3 Å². The molecule has 0 spiro atoms. The molecule has 3 rings (SSSR count). The second kappa shape index (κ2) is 4.65. The molecule has 114 valence electrons. The lowest BCUT2D eigenvalue weighted by Gasteiger charge is -2.35. The summed E-state index contributed by atoms with van der Waals surface area (Å²) < 4.78 is 12.3. The van der Waals surface area contributed by atoms with Crippen molar-refractivity contribution in [3.05, 3.63) is 18.2 Å². The zero-order chi connectivity index (χ0) is 15.4. The molecule has 4 nitrogen and oxygen atoms in total. The van der Waals surface area contributed by atoms with Crippen molar-refractivity contribution in [2.24, 2.45) is 0 Å². The summed E-state index contributed by atoms with van der Waals surface area (Å²) >= 11 is 0. The Morgan fingerprint density at radius 1 is 0.905 bits per heavy atom. The normalized spacial score (nSPS) is 23.4. The fraction of sp³-hybridized carbons (Fsp3) is 0.625. The third-order valence-electron chi connectivity index (χ3n) is 5.12. The second-order valence-electron chi connectivity index (χ2n) is 7.18. The number of anilines is 2. The molecule has 1 saturated heterocycles. The molecule has 5 heteroatoms. The smallest absolute Gasteiger partial charge is 0.399 e. The van der Waals surface area contributed by atoms with Crippen molar-refractivity contribution in [2.45, 2.75) is 38.9 Å². The van der Waals surface area contributed by atoms with Gasteiger partial charge in [-0.1, -0.05) is 6.07 Å². The predicted molar refractivity (Wildman–Crippen MR) is 88.7 cm³/mol. The van der Waals surface area contributed by atoms with Gasteiger partial charge in [-0.3, -0.25) is 0 Å². The topological polar surface area (TPSA) is 24.9 Å². The molecule has 2 aliphatic rings. The number of hydrogen-bond donors (Lipinski definition) is 0. The monoisotopic (exact) mass is 288 g/mol. The van der Waals surface area contributed by atoms with Crippen LogP contribution in [-0.4, -0.2) is 45.5 Å². The molecule has 0 bridgehead atoms. The highest BCUT2D eigenvalue weighted by Crippen LogP contribution is 2.37. The van der Waals surface area contributed by atoms with Crippen LogP contribution in [-0.2, 0) is 9.31 Å². The second-order valence-corrected chi connectivity index (χ2v) is 7.18. The van der Waals surface area contributed by atoms with Gasteiger partial charge in [-0.25, -0.2) is 0 Å². The average molecular weight is 288 g/mol. The molecule has 0 amide bonds. The summed E-state index contributed by atoms with van der Waals surface area (Å²) in [5.74, 6) is 0. The Morgan fingerprint density at radius 2 is 1.43 bits per heavy atom. The summed E-state index contributed by atoms with van der Waals surface area (Å²) in [7, 11) is 3.99. The Labute approximate surface area is 128 Å². The minimum Gasteiger partial charge on any atom is -0.399 e. The molecular formula is C16H25BN2O2. The lowest BCUT2D eigenvalue weighted by molar-refractivity contribution is 0.00578. The van der Waals surface area contributed by atoms with Crippen molar-refractivity contribution in [2.75, 3.05) is 37.0 Å². The highest BCUT2D eigenvalue weighted by molar-refractivity contribution is 6.62. The molecule has 0 atom stereocenters. The van der Waals surface area contributed by atoms with Gasteiger partial charge in [-0.05, 0) is 45.3 Å². The largest absolute Gasteiger partial charge is 0.494 e. The maximum atomic E-state index is 6.15. The third-order valence-corrected chi connectivity index (χ3v) is 5.12. The van der Waals surface area contributed by atoms with E-state index in [0.717, 1.165) is 18.6 Å². The van der Waals surface area contributed by atoms with Gasteiger partial charge in [0, 0.05) is 27.2 Å². The molecule has 0 aliphatic carbocycles. The third kappa shape index (κ3) is 2.32. The number of rotatable bonds is 1. The first-order valence-corrected chi connectivity index (χ1v) is 7.63. The number of nitrogens with zero attached hydrogens (tertiary/aromatic N) is 2. The molecule has 0 aromatic heterocycles. The van der Waals surface area contributed by atoms with Gasteiger partial charge < -0.3 is 19.1 Å². The van der Waals surface area contributed by atoms with Crippen molar-refractivity contribution in [1.82, 2.24) is 0 Å². The van der Waals surface area contributed by atoms with E-state index in [9.17, 15) is 0 Å². The Kier molecular flexibility index (Phi) is 3.26. The summed E-state index contributed by atoms with van der Waals surface area (Å²) in [4.78, 5) is 4.59.